The smallest absolute Gasteiger partial charge is 0.143 e. The Bertz CT molecular complexity index is 726. The average molecular weight is 294 g/mol. The number of Topliss-reactive ketones (excluding diaryl/α,β-unsaturated/α-hetero) is 1. The molecule has 2 aromatic rings. The van der Waals surface area contributed by atoms with Gasteiger partial charge in [0.2, 0.25) is 0 Å². The summed E-state index contributed by atoms with van der Waals surface area (Å²) >= 11 is 0. The molecule has 1 fully saturated rings. The van der Waals surface area contributed by atoms with Gasteiger partial charge in [-0.15, -0.1) is 0 Å². The number of nitrogens with one attached hydrogen (secondary N) is 1. The second-order valence-corrected chi connectivity index (χ2v) is 5.73. The first kappa shape index (κ1) is 14.4. The lowest BCUT2D eigenvalue weighted by atomic mass is 9.82. The highest BCUT2D eigenvalue weighted by molar-refractivity contribution is 6.04. The van der Waals surface area contributed by atoms with Crippen molar-refractivity contribution in [2.45, 2.75) is 25.3 Å². The van der Waals surface area contributed by atoms with Crippen LogP contribution in [0.5, 0.6) is 0 Å². The number of ketones is 1. The van der Waals surface area contributed by atoms with Gasteiger partial charge in [-0.3, -0.25) is 9.79 Å². The number of carbonyl (C=O) groups excluding carboxylic acids is 1. The van der Waals surface area contributed by atoms with Crippen molar-refractivity contribution in [3.05, 3.63) is 48.5 Å². The molecule has 5 nitrogen and oxygen atoms in total. The van der Waals surface area contributed by atoms with Gasteiger partial charge in [0.1, 0.15) is 17.9 Å². The van der Waals surface area contributed by atoms with E-state index in [1.165, 1.54) is 6.33 Å². The van der Waals surface area contributed by atoms with Crippen molar-refractivity contribution in [1.82, 2.24) is 15.3 Å². The number of aromatic nitrogens is 2. The number of carbonyl (C=O) groups is 1. The Morgan fingerprint density at radius 2 is 2.00 bits per heavy atom. The maximum Gasteiger partial charge on any atom is 0.143 e. The number of rotatable bonds is 2. The van der Waals surface area contributed by atoms with Crippen molar-refractivity contribution in [2.24, 2.45) is 4.99 Å². The van der Waals surface area contributed by atoms with Crippen LogP contribution in [0.15, 0.2) is 48.0 Å². The molecule has 22 heavy (non-hydrogen) atoms. The van der Waals surface area contributed by atoms with Crippen LogP contribution in [0.1, 0.15) is 25.3 Å². The largest absolute Gasteiger partial charge is 0.364 e. The molecule has 0 aliphatic carbocycles. The maximum atomic E-state index is 12.0. The van der Waals surface area contributed by atoms with Crippen molar-refractivity contribution in [3.63, 3.8) is 0 Å². The lowest BCUT2D eigenvalue weighted by Gasteiger charge is -2.36. The van der Waals surface area contributed by atoms with E-state index < -0.39 is 5.54 Å². The zero-order valence-electron chi connectivity index (χ0n) is 12.7. The van der Waals surface area contributed by atoms with Gasteiger partial charge in [0.05, 0.1) is 12.0 Å². The van der Waals surface area contributed by atoms with Crippen LogP contribution < -0.4 is 5.32 Å². The first-order valence-electron chi connectivity index (χ1n) is 7.22. The summed E-state index contributed by atoms with van der Waals surface area (Å²) in [6.07, 6.45) is 5.93. The SMILES string of the molecule is CN=C1CC(=O)C[C@@](C)(c2cccc(-c3cncnc3)c2)N1. The van der Waals surface area contributed by atoms with Crippen LogP contribution in [0.4, 0.5) is 0 Å². The van der Waals surface area contributed by atoms with Crippen molar-refractivity contribution in [3.8, 4) is 11.1 Å². The van der Waals surface area contributed by atoms with E-state index in [0.717, 1.165) is 22.5 Å². The number of piperidine rings is 1. The molecule has 0 saturated carbocycles. The lowest BCUT2D eigenvalue weighted by molar-refractivity contribution is -0.120. The van der Waals surface area contributed by atoms with Crippen molar-refractivity contribution in [2.75, 3.05) is 7.05 Å². The van der Waals surface area contributed by atoms with Gasteiger partial charge in [0.25, 0.3) is 0 Å². The Labute approximate surface area is 129 Å². The van der Waals surface area contributed by atoms with Crippen molar-refractivity contribution < 1.29 is 4.79 Å². The number of benzene rings is 1. The predicted molar refractivity (Wildman–Crippen MR) is 85.6 cm³/mol. The number of nitrogens with zero attached hydrogens (tertiary/aromatic N) is 3. The third kappa shape index (κ3) is 2.74. The van der Waals surface area contributed by atoms with Gasteiger partial charge in [-0.2, -0.15) is 0 Å². The van der Waals surface area contributed by atoms with Crippen LogP contribution in [0.3, 0.4) is 0 Å². The number of hydrogen-bond donors (Lipinski definition) is 1. The molecule has 1 saturated heterocycles. The Hall–Kier alpha value is -2.56. The zero-order chi connectivity index (χ0) is 15.6. The minimum Gasteiger partial charge on any atom is -0.364 e. The molecule has 5 heteroatoms. The van der Waals surface area contributed by atoms with Gasteiger partial charge in [-0.25, -0.2) is 9.97 Å². The van der Waals surface area contributed by atoms with Gasteiger partial charge in [-0.05, 0) is 24.1 Å². The fourth-order valence-electron chi connectivity index (χ4n) is 2.85. The molecule has 1 atom stereocenters. The molecule has 1 aliphatic heterocycles. The van der Waals surface area contributed by atoms with Crippen LogP contribution in [0.2, 0.25) is 0 Å². The summed E-state index contributed by atoms with van der Waals surface area (Å²) in [4.78, 5) is 24.3. The van der Waals surface area contributed by atoms with Gasteiger partial charge in [0.15, 0.2) is 0 Å². The van der Waals surface area contributed by atoms with Crippen molar-refractivity contribution >= 4 is 11.6 Å². The summed E-state index contributed by atoms with van der Waals surface area (Å²) in [5, 5.41) is 3.40. The zero-order valence-corrected chi connectivity index (χ0v) is 12.7. The van der Waals surface area contributed by atoms with E-state index in [9.17, 15) is 4.79 Å². The quantitative estimate of drug-likeness (QED) is 0.923. The van der Waals surface area contributed by atoms with Crippen LogP contribution in [0, 0.1) is 0 Å². The van der Waals surface area contributed by atoms with E-state index in [-0.39, 0.29) is 5.78 Å². The molecule has 0 radical (unpaired) electrons. The number of aliphatic imine (C=N–C) groups is 1. The Kier molecular flexibility index (Phi) is 3.71. The molecule has 0 unspecified atom stereocenters. The van der Waals surface area contributed by atoms with Crippen LogP contribution >= 0.6 is 0 Å². The first-order chi connectivity index (χ1) is 10.6. The second-order valence-electron chi connectivity index (χ2n) is 5.73. The molecule has 2 heterocycles. The van der Waals surface area contributed by atoms with E-state index in [0.29, 0.717) is 12.8 Å². The molecule has 1 aliphatic rings. The molecule has 1 N–H and O–H groups in total. The lowest BCUT2D eigenvalue weighted by Crippen LogP contribution is -2.50. The Morgan fingerprint density at radius 1 is 1.23 bits per heavy atom. The number of amidine groups is 1. The minimum atomic E-state index is -0.435. The monoisotopic (exact) mass is 294 g/mol. The predicted octanol–water partition coefficient (Wildman–Crippen LogP) is 2.34. The molecule has 3 rings (SSSR count). The molecule has 0 bridgehead atoms. The molecular weight excluding hydrogens is 276 g/mol. The normalized spacial score (nSPS) is 23.4. The molecule has 112 valence electrons. The third-order valence-electron chi connectivity index (χ3n) is 4.00. The van der Waals surface area contributed by atoms with E-state index in [4.69, 9.17) is 0 Å². The molecule has 0 spiro atoms. The minimum absolute atomic E-state index is 0.204. The summed E-state index contributed by atoms with van der Waals surface area (Å²) in [5.74, 6) is 0.947. The molecule has 0 amide bonds. The van der Waals surface area contributed by atoms with Gasteiger partial charge in [-0.1, -0.05) is 18.2 Å². The van der Waals surface area contributed by atoms with Crippen LogP contribution in [0.25, 0.3) is 11.1 Å². The first-order valence-corrected chi connectivity index (χ1v) is 7.22. The van der Waals surface area contributed by atoms with Gasteiger partial charge < -0.3 is 5.32 Å². The molecule has 1 aromatic heterocycles. The molecular formula is C17H18N4O. The fraction of sp³-hybridized carbons (Fsp3) is 0.294. The summed E-state index contributed by atoms with van der Waals surface area (Å²) in [6, 6.07) is 8.13. The standard InChI is InChI=1S/C17H18N4O/c1-17(8-15(22)7-16(18-2)21-17)14-5-3-4-12(6-14)13-9-19-11-20-10-13/h3-6,9-11H,7-8H2,1-2H3,(H,18,21)/t17-/m0/s1. The van der Waals surface area contributed by atoms with E-state index in [2.05, 4.69) is 26.3 Å². The molecule has 1 aromatic carbocycles. The average Bonchev–Trinajstić information content (AvgIpc) is 2.55. The fourth-order valence-corrected chi connectivity index (χ4v) is 2.85. The summed E-state index contributed by atoms with van der Waals surface area (Å²) in [5.41, 5.74) is 2.62. The van der Waals surface area contributed by atoms with Crippen LogP contribution in [-0.4, -0.2) is 28.6 Å². The second kappa shape index (κ2) is 5.67. The Balaban J connectivity index is 1.99. The van der Waals surface area contributed by atoms with E-state index >= 15 is 0 Å². The summed E-state index contributed by atoms with van der Waals surface area (Å²) in [7, 11) is 1.71. The Morgan fingerprint density at radius 3 is 2.73 bits per heavy atom. The summed E-state index contributed by atoms with van der Waals surface area (Å²) in [6.45, 7) is 2.04. The topological polar surface area (TPSA) is 67.2 Å². The maximum absolute atomic E-state index is 12.0. The van der Waals surface area contributed by atoms with E-state index in [1.807, 2.05) is 25.1 Å². The summed E-state index contributed by atoms with van der Waals surface area (Å²) < 4.78 is 0. The highest BCUT2D eigenvalue weighted by atomic mass is 16.1. The van der Waals surface area contributed by atoms with Crippen molar-refractivity contribution in [1.29, 1.82) is 0 Å². The number of hydrogen-bond acceptors (Lipinski definition) is 4. The van der Waals surface area contributed by atoms with Crippen LogP contribution in [-0.2, 0) is 10.3 Å². The third-order valence-corrected chi connectivity index (χ3v) is 4.00. The van der Waals surface area contributed by atoms with Gasteiger partial charge >= 0.3 is 0 Å². The van der Waals surface area contributed by atoms with Gasteiger partial charge in [0, 0.05) is 31.4 Å². The van der Waals surface area contributed by atoms with E-state index in [1.54, 1.807) is 19.4 Å². The highest BCUT2D eigenvalue weighted by Crippen LogP contribution is 2.31. The highest BCUT2D eigenvalue weighted by Gasteiger charge is 2.35.